The first-order valence-corrected chi connectivity index (χ1v) is 11.1. The summed E-state index contributed by atoms with van der Waals surface area (Å²) in [4.78, 5) is 17.1. The Balaban J connectivity index is 1.85. The average Bonchev–Trinajstić information content (AvgIpc) is 3.19. The predicted molar refractivity (Wildman–Crippen MR) is 128 cm³/mol. The Labute approximate surface area is 197 Å². The van der Waals surface area contributed by atoms with Gasteiger partial charge in [-0.05, 0) is 36.8 Å². The summed E-state index contributed by atoms with van der Waals surface area (Å²) in [5.41, 5.74) is 3.63. The number of aromatic amines is 1. The van der Waals surface area contributed by atoms with Gasteiger partial charge in [0, 0.05) is 29.4 Å². The van der Waals surface area contributed by atoms with Crippen molar-refractivity contribution in [1.82, 2.24) is 19.9 Å². The van der Waals surface area contributed by atoms with E-state index in [1.165, 1.54) is 0 Å². The van der Waals surface area contributed by atoms with Crippen molar-refractivity contribution in [3.63, 3.8) is 0 Å². The van der Waals surface area contributed by atoms with E-state index in [2.05, 4.69) is 36.2 Å². The molecule has 0 spiro atoms. The van der Waals surface area contributed by atoms with Crippen molar-refractivity contribution in [3.05, 3.63) is 69.2 Å². The average molecular weight is 519 g/mol. The zero-order valence-electron chi connectivity index (χ0n) is 16.2. The van der Waals surface area contributed by atoms with Crippen molar-refractivity contribution in [2.24, 2.45) is 0 Å². The molecule has 0 bridgehead atoms. The van der Waals surface area contributed by atoms with Gasteiger partial charge in [0.05, 0.1) is 32.7 Å². The first-order chi connectivity index (χ1) is 15.1. The number of H-pyrrole nitrogens is 1. The van der Waals surface area contributed by atoms with Crippen LogP contribution in [0.2, 0.25) is 10.0 Å². The Morgan fingerprint density at radius 1 is 1.03 bits per heavy atom. The first kappa shape index (κ1) is 21.8. The van der Waals surface area contributed by atoms with Crippen molar-refractivity contribution in [2.75, 3.05) is 18.5 Å². The molecule has 0 aliphatic rings. The van der Waals surface area contributed by atoms with Gasteiger partial charge in [-0.15, -0.1) is 0 Å². The van der Waals surface area contributed by atoms with E-state index in [1.54, 1.807) is 24.4 Å². The SMILES string of the molecule is OCCCNc1nccc(-c2[nH]c(-c3c(Cl)cccc3Cl)nc2-c2cccc(Br)c2)n1. The van der Waals surface area contributed by atoms with E-state index in [-0.39, 0.29) is 6.61 Å². The van der Waals surface area contributed by atoms with Crippen molar-refractivity contribution in [1.29, 1.82) is 0 Å². The van der Waals surface area contributed by atoms with Gasteiger partial charge in [0.1, 0.15) is 5.82 Å². The molecular weight excluding hydrogens is 501 g/mol. The number of hydrogen-bond acceptors (Lipinski definition) is 5. The molecule has 3 N–H and O–H groups in total. The summed E-state index contributed by atoms with van der Waals surface area (Å²) >= 11 is 16.4. The predicted octanol–water partition coefficient (Wildman–Crippen LogP) is 6.06. The van der Waals surface area contributed by atoms with Crippen LogP contribution in [0.4, 0.5) is 5.95 Å². The fraction of sp³-hybridized carbons (Fsp3) is 0.136. The molecule has 0 aliphatic carbocycles. The highest BCUT2D eigenvalue weighted by Crippen LogP contribution is 2.38. The Morgan fingerprint density at radius 3 is 2.55 bits per heavy atom. The van der Waals surface area contributed by atoms with E-state index >= 15 is 0 Å². The summed E-state index contributed by atoms with van der Waals surface area (Å²) < 4.78 is 0.935. The molecule has 2 aromatic heterocycles. The van der Waals surface area contributed by atoms with Crippen LogP contribution in [-0.4, -0.2) is 38.2 Å². The summed E-state index contributed by atoms with van der Waals surface area (Å²) in [7, 11) is 0. The van der Waals surface area contributed by atoms with Gasteiger partial charge >= 0.3 is 0 Å². The normalized spacial score (nSPS) is 11.0. The van der Waals surface area contributed by atoms with Gasteiger partial charge in [0.2, 0.25) is 5.95 Å². The lowest BCUT2D eigenvalue weighted by Gasteiger charge is -2.06. The van der Waals surface area contributed by atoms with E-state index in [0.29, 0.717) is 51.7 Å². The maximum absolute atomic E-state index is 9.00. The van der Waals surface area contributed by atoms with E-state index in [4.69, 9.17) is 33.3 Å². The monoisotopic (exact) mass is 517 g/mol. The van der Waals surface area contributed by atoms with Gasteiger partial charge in [0.15, 0.2) is 0 Å². The molecule has 6 nitrogen and oxygen atoms in total. The Bertz CT molecular complexity index is 1190. The van der Waals surface area contributed by atoms with E-state index in [9.17, 15) is 0 Å². The molecule has 4 rings (SSSR count). The molecule has 0 saturated heterocycles. The molecule has 2 heterocycles. The third kappa shape index (κ3) is 4.91. The molecule has 4 aromatic rings. The first-order valence-electron chi connectivity index (χ1n) is 9.55. The molecule has 0 unspecified atom stereocenters. The number of halogens is 3. The van der Waals surface area contributed by atoms with Gasteiger partial charge in [-0.2, -0.15) is 0 Å². The van der Waals surface area contributed by atoms with Crippen molar-refractivity contribution < 1.29 is 5.11 Å². The quantitative estimate of drug-likeness (QED) is 0.259. The van der Waals surface area contributed by atoms with Gasteiger partial charge in [-0.1, -0.05) is 57.3 Å². The van der Waals surface area contributed by atoms with Gasteiger partial charge in [-0.25, -0.2) is 15.0 Å². The number of benzene rings is 2. The lowest BCUT2D eigenvalue weighted by molar-refractivity contribution is 0.292. The standard InChI is InChI=1S/C22H18BrCl2N5O/c23-14-5-1-4-13(12-14)19-20(17-8-10-27-22(28-17)26-9-3-11-31)30-21(29-19)18-15(24)6-2-7-16(18)25/h1-2,4-8,10,12,31H,3,9,11H2,(H,29,30)(H,26,27,28). The van der Waals surface area contributed by atoms with Crippen LogP contribution in [-0.2, 0) is 0 Å². The fourth-order valence-corrected chi connectivity index (χ4v) is 4.08. The molecule has 0 radical (unpaired) electrons. The topological polar surface area (TPSA) is 86.7 Å². The third-order valence-corrected chi connectivity index (χ3v) is 5.65. The lowest BCUT2D eigenvalue weighted by atomic mass is 10.1. The van der Waals surface area contributed by atoms with Crippen molar-refractivity contribution in [3.8, 4) is 34.0 Å². The van der Waals surface area contributed by atoms with Gasteiger partial charge < -0.3 is 15.4 Å². The maximum atomic E-state index is 9.00. The number of hydrogen-bond donors (Lipinski definition) is 3. The summed E-state index contributed by atoms with van der Waals surface area (Å²) in [5, 5.41) is 13.1. The Morgan fingerprint density at radius 2 is 1.81 bits per heavy atom. The van der Waals surface area contributed by atoms with Crippen LogP contribution in [0, 0.1) is 0 Å². The summed E-state index contributed by atoms with van der Waals surface area (Å²) in [6, 6.07) is 15.0. The van der Waals surface area contributed by atoms with Crippen LogP contribution < -0.4 is 5.32 Å². The van der Waals surface area contributed by atoms with Crippen molar-refractivity contribution in [2.45, 2.75) is 6.42 Å². The zero-order chi connectivity index (χ0) is 21.8. The molecule has 158 valence electrons. The van der Waals surface area contributed by atoms with Crippen LogP contribution in [0.3, 0.4) is 0 Å². The third-order valence-electron chi connectivity index (χ3n) is 4.53. The highest BCUT2D eigenvalue weighted by molar-refractivity contribution is 9.10. The minimum Gasteiger partial charge on any atom is -0.396 e. The van der Waals surface area contributed by atoms with Gasteiger partial charge in [0.25, 0.3) is 0 Å². The second-order valence-electron chi connectivity index (χ2n) is 6.69. The van der Waals surface area contributed by atoms with Crippen LogP contribution >= 0.6 is 39.1 Å². The molecule has 31 heavy (non-hydrogen) atoms. The number of rotatable bonds is 7. The number of nitrogens with zero attached hydrogens (tertiary/aromatic N) is 3. The number of aliphatic hydroxyl groups is 1. The molecule has 0 fully saturated rings. The molecule has 0 aliphatic heterocycles. The number of aromatic nitrogens is 4. The highest BCUT2D eigenvalue weighted by atomic mass is 79.9. The van der Waals surface area contributed by atoms with E-state index < -0.39 is 0 Å². The molecule has 2 aromatic carbocycles. The molecule has 0 saturated carbocycles. The minimum atomic E-state index is 0.0994. The van der Waals surface area contributed by atoms with Gasteiger partial charge in [-0.3, -0.25) is 0 Å². The summed E-state index contributed by atoms with van der Waals surface area (Å²) in [6.07, 6.45) is 2.29. The Kier molecular flexibility index (Phi) is 6.87. The summed E-state index contributed by atoms with van der Waals surface area (Å²) in [6.45, 7) is 0.671. The van der Waals surface area contributed by atoms with Crippen LogP contribution in [0.15, 0.2) is 59.2 Å². The number of anilines is 1. The largest absolute Gasteiger partial charge is 0.396 e. The lowest BCUT2D eigenvalue weighted by Crippen LogP contribution is -2.07. The maximum Gasteiger partial charge on any atom is 0.223 e. The zero-order valence-corrected chi connectivity index (χ0v) is 19.3. The summed E-state index contributed by atoms with van der Waals surface area (Å²) in [5.74, 6) is 1.02. The van der Waals surface area contributed by atoms with Crippen molar-refractivity contribution >= 4 is 45.1 Å². The Hall–Kier alpha value is -2.45. The molecule has 9 heteroatoms. The van der Waals surface area contributed by atoms with E-state index in [1.807, 2.05) is 30.3 Å². The number of nitrogens with one attached hydrogen (secondary N) is 2. The molecule has 0 amide bonds. The second-order valence-corrected chi connectivity index (χ2v) is 8.42. The fourth-order valence-electron chi connectivity index (χ4n) is 3.11. The molecular formula is C22H18BrCl2N5O. The molecule has 0 atom stereocenters. The van der Waals surface area contributed by atoms with Crippen LogP contribution in [0.25, 0.3) is 34.0 Å². The minimum absolute atomic E-state index is 0.0994. The van der Waals surface area contributed by atoms with Crippen LogP contribution in [0.5, 0.6) is 0 Å². The van der Waals surface area contributed by atoms with Crippen LogP contribution in [0.1, 0.15) is 6.42 Å². The number of aliphatic hydroxyl groups excluding tert-OH is 1. The van der Waals surface area contributed by atoms with E-state index in [0.717, 1.165) is 15.7 Å². The number of imidazole rings is 1. The smallest absolute Gasteiger partial charge is 0.223 e. The highest BCUT2D eigenvalue weighted by Gasteiger charge is 2.20. The second kappa shape index (κ2) is 9.78.